The second kappa shape index (κ2) is 4.53. The van der Waals surface area contributed by atoms with E-state index in [9.17, 15) is 9.90 Å². The van der Waals surface area contributed by atoms with Gasteiger partial charge in [-0.1, -0.05) is 11.6 Å². The standard InChI is InChI=1S/C15H20N2O2/c1-9-3-4-14(18)12(5-9)15(19)17-10(2)6-11-7-16-8-13(11)17/h3-5,10-11,13,16,18H,6-8H2,1-2H3. The molecule has 2 aliphatic heterocycles. The van der Waals surface area contributed by atoms with E-state index in [4.69, 9.17) is 0 Å². The minimum atomic E-state index is -0.0371. The molecule has 1 aromatic carbocycles. The summed E-state index contributed by atoms with van der Waals surface area (Å²) in [5, 5.41) is 13.3. The number of amides is 1. The number of carbonyl (C=O) groups is 1. The fraction of sp³-hybridized carbons (Fsp3) is 0.533. The number of hydrogen-bond donors (Lipinski definition) is 2. The summed E-state index contributed by atoms with van der Waals surface area (Å²) in [5.74, 6) is 0.605. The van der Waals surface area contributed by atoms with E-state index in [-0.39, 0.29) is 23.7 Å². The number of aryl methyl sites for hydroxylation is 1. The summed E-state index contributed by atoms with van der Waals surface area (Å²) < 4.78 is 0. The zero-order valence-corrected chi connectivity index (χ0v) is 11.4. The minimum absolute atomic E-state index is 0.0371. The third-order valence-electron chi connectivity index (χ3n) is 4.40. The number of hydrogen-bond acceptors (Lipinski definition) is 3. The van der Waals surface area contributed by atoms with E-state index in [0.29, 0.717) is 11.5 Å². The summed E-state index contributed by atoms with van der Waals surface area (Å²) in [5.41, 5.74) is 1.42. The number of nitrogens with one attached hydrogen (secondary N) is 1. The lowest BCUT2D eigenvalue weighted by molar-refractivity contribution is 0.0679. The highest BCUT2D eigenvalue weighted by Gasteiger charge is 2.44. The second-order valence-corrected chi connectivity index (χ2v) is 5.80. The molecule has 0 aromatic heterocycles. The van der Waals surface area contributed by atoms with E-state index in [1.165, 1.54) is 0 Å². The summed E-state index contributed by atoms with van der Waals surface area (Å²) in [6.45, 7) is 5.90. The van der Waals surface area contributed by atoms with Crippen LogP contribution in [0.15, 0.2) is 18.2 Å². The summed E-state index contributed by atoms with van der Waals surface area (Å²) in [7, 11) is 0. The molecule has 2 heterocycles. The first kappa shape index (κ1) is 12.5. The minimum Gasteiger partial charge on any atom is -0.507 e. The summed E-state index contributed by atoms with van der Waals surface area (Å²) in [4.78, 5) is 14.7. The zero-order chi connectivity index (χ0) is 13.6. The summed E-state index contributed by atoms with van der Waals surface area (Å²) >= 11 is 0. The van der Waals surface area contributed by atoms with Gasteiger partial charge in [-0.05, 0) is 38.3 Å². The molecular weight excluding hydrogens is 240 g/mol. The molecule has 2 saturated heterocycles. The topological polar surface area (TPSA) is 52.6 Å². The van der Waals surface area contributed by atoms with Crippen LogP contribution in [-0.2, 0) is 0 Å². The molecule has 4 nitrogen and oxygen atoms in total. The molecule has 3 atom stereocenters. The maximum Gasteiger partial charge on any atom is 0.258 e. The molecule has 19 heavy (non-hydrogen) atoms. The molecule has 1 aromatic rings. The maximum absolute atomic E-state index is 12.7. The van der Waals surface area contributed by atoms with Gasteiger partial charge in [-0.25, -0.2) is 0 Å². The van der Waals surface area contributed by atoms with Crippen molar-refractivity contribution in [1.29, 1.82) is 0 Å². The zero-order valence-electron chi connectivity index (χ0n) is 11.4. The van der Waals surface area contributed by atoms with Gasteiger partial charge < -0.3 is 15.3 Å². The molecule has 3 rings (SSSR count). The molecular formula is C15H20N2O2. The number of benzene rings is 1. The number of fused-ring (bicyclic) bond motifs is 1. The smallest absolute Gasteiger partial charge is 0.258 e. The molecule has 4 heteroatoms. The Labute approximate surface area is 113 Å². The van der Waals surface area contributed by atoms with Crippen LogP contribution in [0.25, 0.3) is 0 Å². The van der Waals surface area contributed by atoms with Crippen molar-refractivity contribution in [1.82, 2.24) is 10.2 Å². The highest BCUT2D eigenvalue weighted by atomic mass is 16.3. The average Bonchev–Trinajstić information content (AvgIpc) is 2.91. The molecule has 0 aliphatic carbocycles. The molecule has 2 aliphatic rings. The SMILES string of the molecule is Cc1ccc(O)c(C(=O)N2C(C)CC3CNCC32)c1. The van der Waals surface area contributed by atoms with Crippen LogP contribution in [0.3, 0.4) is 0 Å². The van der Waals surface area contributed by atoms with Crippen LogP contribution in [0.2, 0.25) is 0 Å². The average molecular weight is 260 g/mol. The quantitative estimate of drug-likeness (QED) is 0.805. The van der Waals surface area contributed by atoms with E-state index in [1.807, 2.05) is 17.9 Å². The Balaban J connectivity index is 1.93. The van der Waals surface area contributed by atoms with E-state index >= 15 is 0 Å². The van der Waals surface area contributed by atoms with Gasteiger partial charge in [0.1, 0.15) is 5.75 Å². The van der Waals surface area contributed by atoms with E-state index in [1.54, 1.807) is 12.1 Å². The van der Waals surface area contributed by atoms with Crippen molar-refractivity contribution < 1.29 is 9.90 Å². The highest BCUT2D eigenvalue weighted by molar-refractivity contribution is 5.97. The molecule has 0 radical (unpaired) electrons. The molecule has 3 unspecified atom stereocenters. The predicted molar refractivity (Wildman–Crippen MR) is 73.2 cm³/mol. The third kappa shape index (κ3) is 2.00. The predicted octanol–water partition coefficient (Wildman–Crippen LogP) is 1.52. The lowest BCUT2D eigenvalue weighted by Gasteiger charge is -2.28. The van der Waals surface area contributed by atoms with Gasteiger partial charge in [0, 0.05) is 25.2 Å². The third-order valence-corrected chi connectivity index (χ3v) is 4.40. The van der Waals surface area contributed by atoms with Gasteiger partial charge in [-0.3, -0.25) is 4.79 Å². The van der Waals surface area contributed by atoms with Gasteiger partial charge in [-0.2, -0.15) is 0 Å². The van der Waals surface area contributed by atoms with Gasteiger partial charge in [0.15, 0.2) is 0 Å². The van der Waals surface area contributed by atoms with Crippen molar-refractivity contribution in [3.63, 3.8) is 0 Å². The van der Waals surface area contributed by atoms with Gasteiger partial charge in [0.05, 0.1) is 5.56 Å². The Hall–Kier alpha value is -1.55. The molecule has 0 saturated carbocycles. The van der Waals surface area contributed by atoms with E-state index in [0.717, 1.165) is 25.1 Å². The lowest BCUT2D eigenvalue weighted by atomic mass is 10.0. The van der Waals surface area contributed by atoms with Crippen LogP contribution < -0.4 is 5.32 Å². The number of likely N-dealkylation sites (tertiary alicyclic amines) is 1. The first-order chi connectivity index (χ1) is 9.08. The van der Waals surface area contributed by atoms with Crippen LogP contribution >= 0.6 is 0 Å². The van der Waals surface area contributed by atoms with E-state index in [2.05, 4.69) is 12.2 Å². The Morgan fingerprint density at radius 3 is 3.00 bits per heavy atom. The number of rotatable bonds is 1. The summed E-state index contributed by atoms with van der Waals surface area (Å²) in [6.07, 6.45) is 1.05. The van der Waals surface area contributed by atoms with Crippen LogP contribution in [0, 0.1) is 12.8 Å². The molecule has 2 fully saturated rings. The van der Waals surface area contributed by atoms with Crippen LogP contribution in [-0.4, -0.2) is 41.1 Å². The van der Waals surface area contributed by atoms with Gasteiger partial charge in [0.2, 0.25) is 0 Å². The Morgan fingerprint density at radius 1 is 1.42 bits per heavy atom. The molecule has 0 bridgehead atoms. The number of carbonyl (C=O) groups excluding carboxylic acids is 1. The first-order valence-electron chi connectivity index (χ1n) is 6.91. The Kier molecular flexibility index (Phi) is 2.97. The monoisotopic (exact) mass is 260 g/mol. The van der Waals surface area contributed by atoms with Crippen LogP contribution in [0.5, 0.6) is 5.75 Å². The van der Waals surface area contributed by atoms with Crippen molar-refractivity contribution in [2.24, 2.45) is 5.92 Å². The van der Waals surface area contributed by atoms with Crippen molar-refractivity contribution in [2.45, 2.75) is 32.4 Å². The Bertz CT molecular complexity index is 515. The van der Waals surface area contributed by atoms with Crippen molar-refractivity contribution in [3.05, 3.63) is 29.3 Å². The summed E-state index contributed by atoms with van der Waals surface area (Å²) in [6, 6.07) is 5.74. The van der Waals surface area contributed by atoms with Crippen molar-refractivity contribution in [2.75, 3.05) is 13.1 Å². The highest BCUT2D eigenvalue weighted by Crippen LogP contribution is 2.34. The van der Waals surface area contributed by atoms with Crippen molar-refractivity contribution in [3.8, 4) is 5.75 Å². The molecule has 2 N–H and O–H groups in total. The van der Waals surface area contributed by atoms with Crippen LogP contribution in [0.1, 0.15) is 29.3 Å². The number of nitrogens with zero attached hydrogens (tertiary/aromatic N) is 1. The van der Waals surface area contributed by atoms with Gasteiger partial charge in [0.25, 0.3) is 5.91 Å². The largest absolute Gasteiger partial charge is 0.507 e. The second-order valence-electron chi connectivity index (χ2n) is 5.80. The lowest BCUT2D eigenvalue weighted by Crippen LogP contribution is -2.42. The number of aromatic hydroxyl groups is 1. The fourth-order valence-corrected chi connectivity index (χ4v) is 3.47. The van der Waals surface area contributed by atoms with Gasteiger partial charge >= 0.3 is 0 Å². The maximum atomic E-state index is 12.7. The fourth-order valence-electron chi connectivity index (χ4n) is 3.47. The molecule has 102 valence electrons. The van der Waals surface area contributed by atoms with E-state index < -0.39 is 0 Å². The number of phenolic OH excluding ortho intramolecular Hbond substituents is 1. The first-order valence-corrected chi connectivity index (χ1v) is 6.91. The van der Waals surface area contributed by atoms with Gasteiger partial charge in [-0.15, -0.1) is 0 Å². The van der Waals surface area contributed by atoms with Crippen LogP contribution in [0.4, 0.5) is 0 Å². The number of phenols is 1. The Morgan fingerprint density at radius 2 is 2.21 bits per heavy atom. The van der Waals surface area contributed by atoms with Crippen molar-refractivity contribution >= 4 is 5.91 Å². The molecule has 0 spiro atoms. The normalized spacial score (nSPS) is 29.6. The molecule has 1 amide bonds.